The normalized spacial score (nSPS) is 17.8. The summed E-state index contributed by atoms with van der Waals surface area (Å²) in [7, 11) is 0. The van der Waals surface area contributed by atoms with Gasteiger partial charge in [0.15, 0.2) is 0 Å². The number of hydrogen-bond donors (Lipinski definition) is 2. The molecule has 1 aliphatic rings. The third-order valence-corrected chi connectivity index (χ3v) is 3.11. The second kappa shape index (κ2) is 5.81. The highest BCUT2D eigenvalue weighted by Crippen LogP contribution is 2.10. The Morgan fingerprint density at radius 3 is 2.83 bits per heavy atom. The van der Waals surface area contributed by atoms with Crippen molar-refractivity contribution in [3.63, 3.8) is 0 Å². The van der Waals surface area contributed by atoms with E-state index in [1.54, 1.807) is 0 Å². The number of hydrogen-bond acceptors (Lipinski definition) is 6. The lowest BCUT2D eigenvalue weighted by Crippen LogP contribution is -2.34. The summed E-state index contributed by atoms with van der Waals surface area (Å²) in [5.41, 5.74) is 5.50. The molecule has 1 aromatic rings. The number of likely N-dealkylation sites (tertiary alicyclic amines) is 1. The molecular weight excluding hydrogens is 234 g/mol. The van der Waals surface area contributed by atoms with Crippen molar-refractivity contribution in [1.29, 1.82) is 0 Å². The fraction of sp³-hybridized carbons (Fsp3) is 0.727. The molecule has 2 rings (SSSR count). The molecule has 7 heteroatoms. The van der Waals surface area contributed by atoms with Crippen LogP contribution in [0.4, 0.5) is 5.82 Å². The lowest BCUT2D eigenvalue weighted by atomic mass is 10.1. The first-order chi connectivity index (χ1) is 8.66. The van der Waals surface area contributed by atoms with Gasteiger partial charge >= 0.3 is 0 Å². The van der Waals surface area contributed by atoms with E-state index in [2.05, 4.69) is 32.1 Å². The van der Waals surface area contributed by atoms with E-state index in [-0.39, 0.29) is 17.4 Å². The maximum atomic E-state index is 11.7. The fourth-order valence-corrected chi connectivity index (χ4v) is 2.17. The number of anilines is 1. The van der Waals surface area contributed by atoms with Gasteiger partial charge in [-0.3, -0.25) is 4.79 Å². The van der Waals surface area contributed by atoms with Gasteiger partial charge in [-0.2, -0.15) is 0 Å². The van der Waals surface area contributed by atoms with Gasteiger partial charge in [0.2, 0.25) is 11.5 Å². The van der Waals surface area contributed by atoms with E-state index in [1.165, 1.54) is 25.9 Å². The Bertz CT molecular complexity index is 400. The number of nitrogens with one attached hydrogen (secondary N) is 1. The van der Waals surface area contributed by atoms with Gasteiger partial charge in [0.25, 0.3) is 5.91 Å². The average molecular weight is 253 g/mol. The summed E-state index contributed by atoms with van der Waals surface area (Å²) in [6.45, 7) is 6.05. The summed E-state index contributed by atoms with van der Waals surface area (Å²) < 4.78 is 4.39. The molecule has 1 fully saturated rings. The van der Waals surface area contributed by atoms with Gasteiger partial charge in [-0.1, -0.05) is 6.92 Å². The predicted molar refractivity (Wildman–Crippen MR) is 65.9 cm³/mol. The number of carbonyl (C=O) groups excluding carboxylic acids is 1. The Kier molecular flexibility index (Phi) is 4.14. The minimum absolute atomic E-state index is 0.0275. The molecule has 1 aliphatic heterocycles. The monoisotopic (exact) mass is 253 g/mol. The van der Waals surface area contributed by atoms with Crippen molar-refractivity contribution in [3.8, 4) is 0 Å². The largest absolute Gasteiger partial charge is 0.379 e. The molecule has 18 heavy (non-hydrogen) atoms. The fourth-order valence-electron chi connectivity index (χ4n) is 2.17. The van der Waals surface area contributed by atoms with Gasteiger partial charge in [-0.05, 0) is 42.2 Å². The van der Waals surface area contributed by atoms with Crippen LogP contribution >= 0.6 is 0 Å². The molecule has 1 atom stereocenters. The maximum absolute atomic E-state index is 11.7. The highest BCUT2D eigenvalue weighted by molar-refractivity contribution is 5.95. The van der Waals surface area contributed by atoms with Crippen LogP contribution in [0.2, 0.25) is 0 Å². The molecule has 1 amide bonds. The van der Waals surface area contributed by atoms with Crippen LogP contribution in [0.3, 0.4) is 0 Å². The first kappa shape index (κ1) is 12.8. The molecule has 2 heterocycles. The third kappa shape index (κ3) is 3.19. The average Bonchev–Trinajstić information content (AvgIpc) is 2.97. The van der Waals surface area contributed by atoms with Crippen LogP contribution in [0.15, 0.2) is 4.63 Å². The summed E-state index contributed by atoms with van der Waals surface area (Å²) in [6.07, 6.45) is 2.56. The maximum Gasteiger partial charge on any atom is 0.277 e. The minimum atomic E-state index is -0.331. The standard InChI is InChI=1S/C11H19N5O2/c1-8(7-16-4-2-3-5-16)6-13-11(17)9-10(12)15-18-14-9/h8H,2-7H2,1H3,(H2,12,15)(H,13,17). The van der Waals surface area contributed by atoms with E-state index in [4.69, 9.17) is 5.73 Å². The van der Waals surface area contributed by atoms with Crippen LogP contribution in [-0.2, 0) is 0 Å². The van der Waals surface area contributed by atoms with Crippen molar-refractivity contribution in [2.45, 2.75) is 19.8 Å². The van der Waals surface area contributed by atoms with Gasteiger partial charge in [0, 0.05) is 13.1 Å². The minimum Gasteiger partial charge on any atom is -0.379 e. The summed E-state index contributed by atoms with van der Waals surface area (Å²) in [5, 5.41) is 9.63. The SMILES string of the molecule is CC(CNC(=O)c1nonc1N)CN1CCCC1. The van der Waals surface area contributed by atoms with Crippen molar-refractivity contribution >= 4 is 11.7 Å². The molecule has 0 spiro atoms. The van der Waals surface area contributed by atoms with Gasteiger partial charge in [0.05, 0.1) is 0 Å². The molecule has 1 aromatic heterocycles. The molecule has 0 radical (unpaired) electrons. The van der Waals surface area contributed by atoms with E-state index < -0.39 is 0 Å². The Balaban J connectivity index is 1.73. The zero-order chi connectivity index (χ0) is 13.0. The van der Waals surface area contributed by atoms with Crippen molar-refractivity contribution in [3.05, 3.63) is 5.69 Å². The van der Waals surface area contributed by atoms with Crippen LogP contribution in [0.25, 0.3) is 0 Å². The van der Waals surface area contributed by atoms with E-state index in [1.807, 2.05) is 0 Å². The van der Waals surface area contributed by atoms with E-state index in [9.17, 15) is 4.79 Å². The molecule has 1 saturated heterocycles. The zero-order valence-corrected chi connectivity index (χ0v) is 10.6. The number of carbonyl (C=O) groups is 1. The van der Waals surface area contributed by atoms with Crippen molar-refractivity contribution in [2.75, 3.05) is 31.9 Å². The van der Waals surface area contributed by atoms with Crippen molar-refractivity contribution < 1.29 is 9.42 Å². The van der Waals surface area contributed by atoms with E-state index >= 15 is 0 Å². The molecule has 0 aliphatic carbocycles. The van der Waals surface area contributed by atoms with Gasteiger partial charge < -0.3 is 16.0 Å². The van der Waals surface area contributed by atoms with Crippen LogP contribution in [-0.4, -0.2) is 47.3 Å². The summed E-state index contributed by atoms with van der Waals surface area (Å²) in [5.74, 6) is 0.0925. The zero-order valence-electron chi connectivity index (χ0n) is 10.6. The Labute approximate surface area is 106 Å². The van der Waals surface area contributed by atoms with Crippen LogP contribution < -0.4 is 11.1 Å². The van der Waals surface area contributed by atoms with E-state index in [0.29, 0.717) is 12.5 Å². The van der Waals surface area contributed by atoms with Crippen molar-refractivity contribution in [1.82, 2.24) is 20.5 Å². The predicted octanol–water partition coefficient (Wildman–Crippen LogP) is 0.114. The van der Waals surface area contributed by atoms with Gasteiger partial charge in [0.1, 0.15) is 0 Å². The topological polar surface area (TPSA) is 97.3 Å². The first-order valence-corrected chi connectivity index (χ1v) is 6.25. The smallest absolute Gasteiger partial charge is 0.277 e. The highest BCUT2D eigenvalue weighted by Gasteiger charge is 2.18. The molecular formula is C11H19N5O2. The summed E-state index contributed by atoms with van der Waals surface area (Å²) >= 11 is 0. The Morgan fingerprint density at radius 2 is 2.22 bits per heavy atom. The molecule has 0 saturated carbocycles. The Hall–Kier alpha value is -1.63. The van der Waals surface area contributed by atoms with E-state index in [0.717, 1.165) is 6.54 Å². The molecule has 3 N–H and O–H groups in total. The highest BCUT2D eigenvalue weighted by atomic mass is 16.6. The second-order valence-corrected chi connectivity index (χ2v) is 4.82. The van der Waals surface area contributed by atoms with Crippen LogP contribution in [0.1, 0.15) is 30.3 Å². The summed E-state index contributed by atoms with van der Waals surface area (Å²) in [6, 6.07) is 0. The number of aromatic nitrogens is 2. The second-order valence-electron chi connectivity index (χ2n) is 4.82. The summed E-state index contributed by atoms with van der Waals surface area (Å²) in [4.78, 5) is 14.1. The number of nitrogens with two attached hydrogens (primary N) is 1. The van der Waals surface area contributed by atoms with Gasteiger partial charge in [-0.25, -0.2) is 4.63 Å². The molecule has 0 bridgehead atoms. The van der Waals surface area contributed by atoms with Crippen molar-refractivity contribution in [2.24, 2.45) is 5.92 Å². The molecule has 7 nitrogen and oxygen atoms in total. The number of amides is 1. The first-order valence-electron chi connectivity index (χ1n) is 6.25. The quantitative estimate of drug-likeness (QED) is 0.773. The Morgan fingerprint density at radius 1 is 1.50 bits per heavy atom. The lowest BCUT2D eigenvalue weighted by Gasteiger charge is -2.20. The van der Waals surface area contributed by atoms with Crippen LogP contribution in [0.5, 0.6) is 0 Å². The number of nitrogens with zero attached hydrogens (tertiary/aromatic N) is 3. The van der Waals surface area contributed by atoms with Gasteiger partial charge in [-0.15, -0.1) is 0 Å². The molecule has 0 aromatic carbocycles. The third-order valence-electron chi connectivity index (χ3n) is 3.11. The molecule has 1 unspecified atom stereocenters. The number of nitrogen functional groups attached to an aromatic ring is 1. The van der Waals surface area contributed by atoms with Crippen LogP contribution in [0, 0.1) is 5.92 Å². The lowest BCUT2D eigenvalue weighted by molar-refractivity contribution is 0.0936. The molecule has 100 valence electrons. The number of rotatable bonds is 5.